The first-order valence-electron chi connectivity index (χ1n) is 10.2. The van der Waals surface area contributed by atoms with Crippen molar-refractivity contribution in [2.45, 2.75) is 19.3 Å². The maximum Gasteiger partial charge on any atom is 0.323 e. The van der Waals surface area contributed by atoms with E-state index in [9.17, 15) is 9.59 Å². The number of pyridine rings is 2. The molecule has 2 aliphatic heterocycles. The molecule has 0 radical (unpaired) electrons. The highest BCUT2D eigenvalue weighted by atomic mass is 32.1. The molecule has 31 heavy (non-hydrogen) atoms. The maximum absolute atomic E-state index is 12.9. The van der Waals surface area contributed by atoms with Gasteiger partial charge < -0.3 is 19.4 Å². The van der Waals surface area contributed by atoms with Crippen LogP contribution in [0.15, 0.2) is 29.3 Å². The molecule has 162 valence electrons. The Labute approximate surface area is 182 Å². The van der Waals surface area contributed by atoms with Crippen molar-refractivity contribution >= 4 is 32.7 Å². The molecular formula is C21H23N5O4S. The molecule has 5 rings (SSSR count). The zero-order valence-corrected chi connectivity index (χ0v) is 18.0. The van der Waals surface area contributed by atoms with Gasteiger partial charge in [0.1, 0.15) is 5.52 Å². The summed E-state index contributed by atoms with van der Waals surface area (Å²) in [5.74, 6) is 0.391. The van der Waals surface area contributed by atoms with Gasteiger partial charge in [-0.15, -0.1) is 0 Å². The number of H-pyrrole nitrogens is 1. The van der Waals surface area contributed by atoms with Gasteiger partial charge in [-0.2, -0.15) is 0 Å². The first kappa shape index (κ1) is 20.0. The van der Waals surface area contributed by atoms with Gasteiger partial charge in [-0.25, -0.2) is 14.8 Å². The van der Waals surface area contributed by atoms with Gasteiger partial charge in [-0.1, -0.05) is 11.3 Å². The molecule has 3 aromatic heterocycles. The number of hydrogen-bond acceptors (Lipinski definition) is 7. The lowest BCUT2D eigenvalue weighted by atomic mass is 9.80. The standard InChI is InChI=1S/C21H23N5O4S/c1-29-18-16-17(14(11-23-18)13-2-3-15(27)22-10-13)31-19(24-16)25-20(28)26-7-4-21(12-26)5-8-30-9-6-21/h2-3,10-11H,4-9,12H2,1H3,(H,22,27)(H,24,25,28). The Morgan fingerprint density at radius 2 is 2.16 bits per heavy atom. The summed E-state index contributed by atoms with van der Waals surface area (Å²) in [5.41, 5.74) is 2.21. The molecule has 2 fully saturated rings. The van der Waals surface area contributed by atoms with Crippen LogP contribution in [0, 0.1) is 5.41 Å². The predicted octanol–water partition coefficient (Wildman–Crippen LogP) is 3.09. The maximum atomic E-state index is 12.9. The van der Waals surface area contributed by atoms with Crippen LogP contribution in [0.5, 0.6) is 5.88 Å². The number of rotatable bonds is 3. The second kappa shape index (κ2) is 7.93. The fraction of sp³-hybridized carbons (Fsp3) is 0.429. The van der Waals surface area contributed by atoms with Crippen LogP contribution < -0.4 is 15.6 Å². The van der Waals surface area contributed by atoms with Crippen molar-refractivity contribution in [3.05, 3.63) is 34.9 Å². The number of urea groups is 1. The number of aromatic amines is 1. The van der Waals surface area contributed by atoms with Crippen molar-refractivity contribution in [3.63, 3.8) is 0 Å². The number of ether oxygens (including phenoxy) is 2. The summed E-state index contributed by atoms with van der Waals surface area (Å²) in [7, 11) is 1.54. The van der Waals surface area contributed by atoms with Crippen molar-refractivity contribution in [3.8, 4) is 17.0 Å². The lowest BCUT2D eigenvalue weighted by Crippen LogP contribution is -2.37. The number of anilines is 1. The second-order valence-corrected chi connectivity index (χ2v) is 9.03. The van der Waals surface area contributed by atoms with E-state index >= 15 is 0 Å². The minimum atomic E-state index is -0.174. The average Bonchev–Trinajstić information content (AvgIpc) is 3.39. The summed E-state index contributed by atoms with van der Waals surface area (Å²) in [4.78, 5) is 37.8. The van der Waals surface area contributed by atoms with E-state index in [1.807, 2.05) is 4.90 Å². The normalized spacial score (nSPS) is 17.9. The third kappa shape index (κ3) is 3.77. The molecule has 0 unspecified atom stereocenters. The summed E-state index contributed by atoms with van der Waals surface area (Å²) >= 11 is 1.36. The van der Waals surface area contributed by atoms with E-state index in [1.54, 1.807) is 18.5 Å². The van der Waals surface area contributed by atoms with Crippen LogP contribution in [0.3, 0.4) is 0 Å². The van der Waals surface area contributed by atoms with E-state index in [0.717, 1.165) is 61.4 Å². The quantitative estimate of drug-likeness (QED) is 0.646. The molecular weight excluding hydrogens is 418 g/mol. The summed E-state index contributed by atoms with van der Waals surface area (Å²) in [6, 6.07) is 3.06. The molecule has 2 amide bonds. The topological polar surface area (TPSA) is 109 Å². The number of fused-ring (bicyclic) bond motifs is 1. The first-order chi connectivity index (χ1) is 15.1. The van der Waals surface area contributed by atoms with Gasteiger partial charge in [0.05, 0.1) is 11.8 Å². The average molecular weight is 442 g/mol. The number of aromatic nitrogens is 3. The monoisotopic (exact) mass is 441 g/mol. The Morgan fingerprint density at radius 3 is 2.90 bits per heavy atom. The van der Waals surface area contributed by atoms with Gasteiger partial charge in [0.25, 0.3) is 0 Å². The van der Waals surface area contributed by atoms with Gasteiger partial charge in [0.2, 0.25) is 11.4 Å². The lowest BCUT2D eigenvalue weighted by Gasteiger charge is -2.33. The second-order valence-electron chi connectivity index (χ2n) is 8.03. The molecule has 0 saturated carbocycles. The van der Waals surface area contributed by atoms with Crippen LogP contribution in [-0.2, 0) is 4.74 Å². The Hall–Kier alpha value is -2.98. The van der Waals surface area contributed by atoms with E-state index in [-0.39, 0.29) is 17.0 Å². The highest BCUT2D eigenvalue weighted by molar-refractivity contribution is 7.23. The number of carbonyl (C=O) groups is 1. The van der Waals surface area contributed by atoms with Gasteiger partial charge in [-0.05, 0) is 30.7 Å². The molecule has 1 spiro atoms. The number of hydrogen-bond donors (Lipinski definition) is 2. The van der Waals surface area contributed by atoms with Crippen molar-refractivity contribution < 1.29 is 14.3 Å². The lowest BCUT2D eigenvalue weighted by molar-refractivity contribution is 0.0211. The number of methoxy groups -OCH3 is 1. The molecule has 2 saturated heterocycles. The van der Waals surface area contributed by atoms with Gasteiger partial charge in [0.15, 0.2) is 5.13 Å². The summed E-state index contributed by atoms with van der Waals surface area (Å²) < 4.78 is 11.7. The number of amides is 2. The predicted molar refractivity (Wildman–Crippen MR) is 118 cm³/mol. The summed E-state index contributed by atoms with van der Waals surface area (Å²) in [6.45, 7) is 3.03. The number of thiazole rings is 1. The molecule has 2 N–H and O–H groups in total. The Kier molecular flexibility index (Phi) is 5.11. The summed E-state index contributed by atoms with van der Waals surface area (Å²) in [6.07, 6.45) is 6.35. The molecule has 0 aliphatic carbocycles. The van der Waals surface area contributed by atoms with E-state index in [1.165, 1.54) is 24.5 Å². The number of nitrogens with one attached hydrogen (secondary N) is 2. The van der Waals surface area contributed by atoms with Gasteiger partial charge >= 0.3 is 6.03 Å². The van der Waals surface area contributed by atoms with Crippen molar-refractivity contribution in [2.24, 2.45) is 5.41 Å². The Bertz CT molecular complexity index is 1160. The number of likely N-dealkylation sites (tertiary alicyclic amines) is 1. The van der Waals surface area contributed by atoms with Crippen molar-refractivity contribution in [1.29, 1.82) is 0 Å². The molecule has 0 aromatic carbocycles. The molecule has 3 aromatic rings. The van der Waals surface area contributed by atoms with Crippen LogP contribution in [0.25, 0.3) is 21.3 Å². The minimum absolute atomic E-state index is 0.139. The highest BCUT2D eigenvalue weighted by Crippen LogP contribution is 2.41. The molecule has 0 bridgehead atoms. The molecule has 0 atom stereocenters. The third-order valence-electron chi connectivity index (χ3n) is 6.17. The molecule has 5 heterocycles. The van der Waals surface area contributed by atoms with E-state index in [4.69, 9.17) is 9.47 Å². The fourth-order valence-electron chi connectivity index (χ4n) is 4.37. The largest absolute Gasteiger partial charge is 0.479 e. The SMILES string of the molecule is COc1ncc(-c2ccc(=O)[nH]c2)c2sc(NC(=O)N3CCC4(CCOCC4)C3)nc12. The van der Waals surface area contributed by atoms with Crippen LogP contribution in [0.1, 0.15) is 19.3 Å². The Balaban J connectivity index is 1.41. The van der Waals surface area contributed by atoms with E-state index < -0.39 is 0 Å². The van der Waals surface area contributed by atoms with E-state index in [2.05, 4.69) is 20.3 Å². The van der Waals surface area contributed by atoms with Crippen LogP contribution in [0.4, 0.5) is 9.93 Å². The highest BCUT2D eigenvalue weighted by Gasteiger charge is 2.41. The first-order valence-corrected chi connectivity index (χ1v) is 11.0. The van der Waals surface area contributed by atoms with Crippen LogP contribution >= 0.6 is 11.3 Å². The zero-order valence-electron chi connectivity index (χ0n) is 17.1. The van der Waals surface area contributed by atoms with Crippen LogP contribution in [-0.4, -0.2) is 59.3 Å². The smallest absolute Gasteiger partial charge is 0.323 e. The van der Waals surface area contributed by atoms with Gasteiger partial charge in [0, 0.05) is 55.9 Å². The fourth-order valence-corrected chi connectivity index (χ4v) is 5.35. The minimum Gasteiger partial charge on any atom is -0.479 e. The van der Waals surface area contributed by atoms with Crippen molar-refractivity contribution in [1.82, 2.24) is 19.9 Å². The number of carbonyl (C=O) groups excluding carboxylic acids is 1. The number of nitrogens with zero attached hydrogens (tertiary/aromatic N) is 3. The Morgan fingerprint density at radius 1 is 1.32 bits per heavy atom. The molecule has 2 aliphatic rings. The van der Waals surface area contributed by atoms with Crippen LogP contribution in [0.2, 0.25) is 0 Å². The molecule has 9 nitrogen and oxygen atoms in total. The van der Waals surface area contributed by atoms with Crippen molar-refractivity contribution in [2.75, 3.05) is 38.7 Å². The van der Waals surface area contributed by atoms with E-state index in [0.29, 0.717) is 16.5 Å². The third-order valence-corrected chi connectivity index (χ3v) is 7.17. The zero-order chi connectivity index (χ0) is 21.4. The van der Waals surface area contributed by atoms with Gasteiger partial charge in [-0.3, -0.25) is 10.1 Å². The molecule has 10 heteroatoms. The summed E-state index contributed by atoms with van der Waals surface area (Å²) in [5, 5.41) is 3.45.